The van der Waals surface area contributed by atoms with Gasteiger partial charge in [-0.05, 0) is 32.6 Å². The summed E-state index contributed by atoms with van der Waals surface area (Å²) in [7, 11) is 0. The van der Waals surface area contributed by atoms with Crippen LogP contribution in [0.2, 0.25) is 0 Å². The van der Waals surface area contributed by atoms with E-state index in [1.165, 1.54) is 12.5 Å². The maximum absolute atomic E-state index is 12.1. The molecule has 0 aromatic carbocycles. The second-order valence-corrected chi connectivity index (χ2v) is 8.21. The van der Waals surface area contributed by atoms with Gasteiger partial charge in [0.2, 0.25) is 0 Å². The number of carbonyl (C=O) groups is 2. The second kappa shape index (κ2) is 19.2. The lowest BCUT2D eigenvalue weighted by Crippen LogP contribution is -2.43. The summed E-state index contributed by atoms with van der Waals surface area (Å²) >= 11 is 0. The molecule has 0 aliphatic heterocycles. The first-order valence-corrected chi connectivity index (χ1v) is 11.4. The molecule has 0 atom stereocenters. The van der Waals surface area contributed by atoms with E-state index in [9.17, 15) is 9.59 Å². The van der Waals surface area contributed by atoms with Crippen LogP contribution in [0.5, 0.6) is 0 Å². The van der Waals surface area contributed by atoms with Gasteiger partial charge < -0.3 is 28.4 Å². The van der Waals surface area contributed by atoms with E-state index in [-0.39, 0.29) is 43.9 Å². The van der Waals surface area contributed by atoms with E-state index in [0.717, 1.165) is 25.7 Å². The molecule has 8 nitrogen and oxygen atoms in total. The molecule has 0 saturated heterocycles. The summed E-state index contributed by atoms with van der Waals surface area (Å²) in [6, 6.07) is 0. The topological polar surface area (TPSA) is 89.5 Å². The Hall–Kier alpha value is -2.32. The highest BCUT2D eigenvalue weighted by Crippen LogP contribution is 2.22. The van der Waals surface area contributed by atoms with Crippen molar-refractivity contribution in [2.75, 3.05) is 52.9 Å². The van der Waals surface area contributed by atoms with Crippen molar-refractivity contribution in [3.8, 4) is 0 Å². The largest absolute Gasteiger partial charge is 0.502 e. The van der Waals surface area contributed by atoms with Gasteiger partial charge in [-0.25, -0.2) is 4.79 Å². The van der Waals surface area contributed by atoms with Gasteiger partial charge in [-0.15, -0.1) is 0 Å². The van der Waals surface area contributed by atoms with Crippen LogP contribution in [0.25, 0.3) is 0 Å². The molecule has 0 bridgehead atoms. The van der Waals surface area contributed by atoms with Gasteiger partial charge in [0.15, 0.2) is 0 Å². The van der Waals surface area contributed by atoms with Gasteiger partial charge in [0, 0.05) is 18.8 Å². The smallest absolute Gasteiger partial charge is 0.333 e. The molecule has 0 spiro atoms. The standard InChI is InChI=1S/C25H42O8/c1-7-28-13-9-11-15-30-17-25(19-32-23(26)21(3)4,20-33-24(27)22(5)6)18-31-16-12-10-14-29-8-2/h7-8,22H,1-3,9-20H2,4-6H3. The van der Waals surface area contributed by atoms with E-state index in [1.807, 2.05) is 0 Å². The first kappa shape index (κ1) is 30.7. The molecular weight excluding hydrogens is 428 g/mol. The van der Waals surface area contributed by atoms with Crippen LogP contribution in [0.1, 0.15) is 46.5 Å². The summed E-state index contributed by atoms with van der Waals surface area (Å²) in [5.41, 5.74) is -0.556. The van der Waals surface area contributed by atoms with Crippen LogP contribution in [0.3, 0.4) is 0 Å². The summed E-state index contributed by atoms with van der Waals surface area (Å²) in [5.74, 6) is -1.14. The molecule has 190 valence electrons. The summed E-state index contributed by atoms with van der Waals surface area (Å²) in [6.07, 6.45) is 6.01. The molecule has 0 rings (SSSR count). The number of carbonyl (C=O) groups excluding carboxylic acids is 2. The maximum atomic E-state index is 12.1. The lowest BCUT2D eigenvalue weighted by molar-refractivity contribution is -0.163. The predicted octanol–water partition coefficient (Wildman–Crippen LogP) is 4.21. The van der Waals surface area contributed by atoms with Crippen LogP contribution in [0, 0.1) is 11.3 Å². The number of unbranched alkanes of at least 4 members (excludes halogenated alkanes) is 2. The summed E-state index contributed by atoms with van der Waals surface area (Å²) in [4.78, 5) is 24.2. The fourth-order valence-corrected chi connectivity index (χ4v) is 2.51. The molecule has 0 unspecified atom stereocenters. The van der Waals surface area contributed by atoms with Gasteiger partial charge in [0.05, 0.1) is 50.3 Å². The fraction of sp³-hybridized carbons (Fsp3) is 0.680. The monoisotopic (exact) mass is 470 g/mol. The zero-order valence-corrected chi connectivity index (χ0v) is 20.6. The molecule has 0 aromatic heterocycles. The van der Waals surface area contributed by atoms with E-state index in [0.29, 0.717) is 26.4 Å². The molecule has 0 heterocycles. The van der Waals surface area contributed by atoms with Crippen molar-refractivity contribution in [2.24, 2.45) is 11.3 Å². The minimum Gasteiger partial charge on any atom is -0.502 e. The van der Waals surface area contributed by atoms with E-state index >= 15 is 0 Å². The van der Waals surface area contributed by atoms with Crippen molar-refractivity contribution < 1.29 is 38.0 Å². The van der Waals surface area contributed by atoms with E-state index in [2.05, 4.69) is 19.7 Å². The first-order valence-electron chi connectivity index (χ1n) is 11.4. The summed E-state index contributed by atoms with van der Waals surface area (Å²) in [5, 5.41) is 0. The molecule has 0 amide bonds. The predicted molar refractivity (Wildman–Crippen MR) is 126 cm³/mol. The van der Waals surface area contributed by atoms with Crippen LogP contribution in [-0.4, -0.2) is 64.8 Å². The molecule has 33 heavy (non-hydrogen) atoms. The van der Waals surface area contributed by atoms with Crippen molar-refractivity contribution in [3.05, 3.63) is 37.8 Å². The minimum absolute atomic E-state index is 0.00658. The summed E-state index contributed by atoms with van der Waals surface area (Å²) < 4.78 is 32.9. The van der Waals surface area contributed by atoms with Crippen molar-refractivity contribution in [2.45, 2.75) is 46.5 Å². The molecular formula is C25H42O8. The third-order valence-corrected chi connectivity index (χ3v) is 4.50. The van der Waals surface area contributed by atoms with Crippen LogP contribution >= 0.6 is 0 Å². The van der Waals surface area contributed by atoms with Crippen LogP contribution in [-0.2, 0) is 38.0 Å². The summed E-state index contributed by atoms with van der Waals surface area (Å²) in [6.45, 7) is 18.2. The van der Waals surface area contributed by atoms with Crippen molar-refractivity contribution in [3.63, 3.8) is 0 Å². The highest BCUT2D eigenvalue weighted by molar-refractivity contribution is 5.86. The third kappa shape index (κ3) is 16.0. The molecule has 0 fully saturated rings. The molecule has 8 heteroatoms. The first-order chi connectivity index (χ1) is 15.8. The molecule has 0 aromatic rings. The number of rotatable bonds is 22. The average molecular weight is 471 g/mol. The Kier molecular flexibility index (Phi) is 17.8. The van der Waals surface area contributed by atoms with Crippen LogP contribution in [0.4, 0.5) is 0 Å². The molecule has 0 saturated carbocycles. The van der Waals surface area contributed by atoms with Gasteiger partial charge in [-0.2, -0.15) is 0 Å². The number of ether oxygens (including phenoxy) is 6. The molecule has 0 aliphatic rings. The molecule has 0 radical (unpaired) electrons. The van der Waals surface area contributed by atoms with Gasteiger partial charge >= 0.3 is 11.9 Å². The van der Waals surface area contributed by atoms with Crippen LogP contribution in [0.15, 0.2) is 37.8 Å². The SMILES string of the molecule is C=COCCCCOCC(COCCCCOC=C)(COC(=O)C(=C)C)COC(=O)C(C)C. The average Bonchev–Trinajstić information content (AvgIpc) is 2.79. The fourth-order valence-electron chi connectivity index (χ4n) is 2.51. The Morgan fingerprint density at radius 3 is 1.67 bits per heavy atom. The zero-order chi connectivity index (χ0) is 25.0. The quantitative estimate of drug-likeness (QED) is 0.101. The Morgan fingerprint density at radius 2 is 1.24 bits per heavy atom. The zero-order valence-electron chi connectivity index (χ0n) is 20.6. The third-order valence-electron chi connectivity index (χ3n) is 4.50. The van der Waals surface area contributed by atoms with E-state index in [1.54, 1.807) is 20.8 Å². The van der Waals surface area contributed by atoms with Crippen molar-refractivity contribution in [1.29, 1.82) is 0 Å². The van der Waals surface area contributed by atoms with E-state index in [4.69, 9.17) is 28.4 Å². The lowest BCUT2D eigenvalue weighted by Gasteiger charge is -2.32. The Labute approximate surface area is 198 Å². The highest BCUT2D eigenvalue weighted by Gasteiger charge is 2.35. The van der Waals surface area contributed by atoms with E-state index < -0.39 is 11.4 Å². The Morgan fingerprint density at radius 1 is 0.788 bits per heavy atom. The highest BCUT2D eigenvalue weighted by atomic mass is 16.6. The van der Waals surface area contributed by atoms with Crippen LogP contribution < -0.4 is 0 Å². The maximum Gasteiger partial charge on any atom is 0.333 e. The van der Waals surface area contributed by atoms with Gasteiger partial charge in [0.25, 0.3) is 0 Å². The number of esters is 2. The number of hydrogen-bond acceptors (Lipinski definition) is 8. The Balaban J connectivity index is 5.07. The van der Waals surface area contributed by atoms with Crippen molar-refractivity contribution in [1.82, 2.24) is 0 Å². The Bertz CT molecular complexity index is 563. The minimum atomic E-state index is -0.842. The number of hydrogen-bond donors (Lipinski definition) is 0. The molecule has 0 N–H and O–H groups in total. The normalized spacial score (nSPS) is 11.0. The van der Waals surface area contributed by atoms with Gasteiger partial charge in [-0.3, -0.25) is 4.79 Å². The molecule has 0 aliphatic carbocycles. The van der Waals surface area contributed by atoms with Gasteiger partial charge in [-0.1, -0.05) is 33.6 Å². The van der Waals surface area contributed by atoms with Gasteiger partial charge in [0.1, 0.15) is 13.2 Å². The van der Waals surface area contributed by atoms with Crippen molar-refractivity contribution >= 4 is 11.9 Å². The lowest BCUT2D eigenvalue weighted by atomic mass is 9.92. The second-order valence-electron chi connectivity index (χ2n) is 8.21.